The number of nitrogens with one attached hydrogen (secondary N) is 1. The molecule has 22 heavy (non-hydrogen) atoms. The van der Waals surface area contributed by atoms with Crippen LogP contribution >= 0.6 is 11.8 Å². The molecule has 1 fully saturated rings. The van der Waals surface area contributed by atoms with Gasteiger partial charge < -0.3 is 20.3 Å². The maximum absolute atomic E-state index is 12.1. The highest BCUT2D eigenvalue weighted by Gasteiger charge is 2.40. The molecule has 0 radical (unpaired) electrons. The molecule has 0 aromatic carbocycles. The van der Waals surface area contributed by atoms with Crippen molar-refractivity contribution in [2.45, 2.75) is 63.9 Å². The fourth-order valence-corrected chi connectivity index (χ4v) is 3.83. The second-order valence-electron chi connectivity index (χ2n) is 6.85. The summed E-state index contributed by atoms with van der Waals surface area (Å²) < 4.78 is 5.29. The summed E-state index contributed by atoms with van der Waals surface area (Å²) in [5.74, 6) is 0.671. The lowest BCUT2D eigenvalue weighted by molar-refractivity contribution is 0.0326. The van der Waals surface area contributed by atoms with Gasteiger partial charge in [-0.05, 0) is 33.6 Å². The van der Waals surface area contributed by atoms with Gasteiger partial charge in [-0.25, -0.2) is 4.79 Å². The SMILES string of the molecule is CC(C)(C)OC(=O)N[C@@H](C(O)C1=NCCS1)[C@@H]1CCC[C@H]1O. The topological polar surface area (TPSA) is 91.2 Å². The molecule has 2 aliphatic rings. The van der Waals surface area contributed by atoms with Gasteiger partial charge in [-0.1, -0.05) is 6.42 Å². The zero-order chi connectivity index (χ0) is 16.3. The normalized spacial score (nSPS) is 28.1. The maximum Gasteiger partial charge on any atom is 0.407 e. The van der Waals surface area contributed by atoms with Gasteiger partial charge in [-0.2, -0.15) is 0 Å². The smallest absolute Gasteiger partial charge is 0.407 e. The number of hydrogen-bond acceptors (Lipinski definition) is 6. The number of thioether (sulfide) groups is 1. The van der Waals surface area contributed by atoms with Crippen molar-refractivity contribution in [1.82, 2.24) is 5.32 Å². The van der Waals surface area contributed by atoms with Crippen molar-refractivity contribution in [3.8, 4) is 0 Å². The summed E-state index contributed by atoms with van der Waals surface area (Å²) in [7, 11) is 0. The van der Waals surface area contributed by atoms with Crippen molar-refractivity contribution >= 4 is 22.9 Å². The molecule has 0 saturated heterocycles. The predicted octanol–water partition coefficient (Wildman–Crippen LogP) is 1.55. The number of carbonyl (C=O) groups excluding carboxylic acids is 1. The maximum atomic E-state index is 12.1. The van der Waals surface area contributed by atoms with Crippen molar-refractivity contribution < 1.29 is 19.7 Å². The molecule has 7 heteroatoms. The number of nitrogens with zero attached hydrogens (tertiary/aromatic N) is 1. The van der Waals surface area contributed by atoms with Crippen LogP contribution in [-0.2, 0) is 4.74 Å². The van der Waals surface area contributed by atoms with E-state index in [-0.39, 0.29) is 5.92 Å². The van der Waals surface area contributed by atoms with Crippen molar-refractivity contribution in [2.75, 3.05) is 12.3 Å². The van der Waals surface area contributed by atoms with E-state index in [0.29, 0.717) is 18.0 Å². The van der Waals surface area contributed by atoms with E-state index in [9.17, 15) is 15.0 Å². The van der Waals surface area contributed by atoms with E-state index >= 15 is 0 Å². The first-order valence-electron chi connectivity index (χ1n) is 7.81. The van der Waals surface area contributed by atoms with Gasteiger partial charge in [-0.3, -0.25) is 4.99 Å². The monoisotopic (exact) mass is 330 g/mol. The minimum Gasteiger partial charge on any atom is -0.444 e. The van der Waals surface area contributed by atoms with Crippen molar-refractivity contribution in [1.29, 1.82) is 0 Å². The summed E-state index contributed by atoms with van der Waals surface area (Å²) in [5.41, 5.74) is -0.604. The first-order chi connectivity index (χ1) is 10.3. The Morgan fingerprint density at radius 1 is 1.45 bits per heavy atom. The zero-order valence-corrected chi connectivity index (χ0v) is 14.2. The first kappa shape index (κ1) is 17.6. The average molecular weight is 330 g/mol. The summed E-state index contributed by atoms with van der Waals surface area (Å²) in [6.07, 6.45) is 0.392. The molecule has 2 rings (SSSR count). The van der Waals surface area contributed by atoms with Crippen LogP contribution in [-0.4, -0.2) is 57.5 Å². The molecule has 1 saturated carbocycles. The lowest BCUT2D eigenvalue weighted by atomic mass is 9.92. The van der Waals surface area contributed by atoms with Gasteiger partial charge in [0.25, 0.3) is 0 Å². The van der Waals surface area contributed by atoms with E-state index in [2.05, 4.69) is 10.3 Å². The lowest BCUT2D eigenvalue weighted by Gasteiger charge is -2.32. The molecular weight excluding hydrogens is 304 g/mol. The van der Waals surface area contributed by atoms with E-state index < -0.39 is 29.9 Å². The molecule has 4 atom stereocenters. The molecule has 6 nitrogen and oxygen atoms in total. The van der Waals surface area contributed by atoms with E-state index in [1.54, 1.807) is 20.8 Å². The number of carbonyl (C=O) groups is 1. The lowest BCUT2D eigenvalue weighted by Crippen LogP contribution is -2.53. The number of amides is 1. The molecule has 1 heterocycles. The number of hydrogen-bond donors (Lipinski definition) is 3. The Morgan fingerprint density at radius 2 is 2.18 bits per heavy atom. The second-order valence-corrected chi connectivity index (χ2v) is 7.96. The molecule has 0 aromatic rings. The fraction of sp³-hybridized carbons (Fsp3) is 0.867. The summed E-state index contributed by atoms with van der Waals surface area (Å²) >= 11 is 1.51. The van der Waals surface area contributed by atoms with Crippen molar-refractivity contribution in [3.05, 3.63) is 0 Å². The van der Waals surface area contributed by atoms with Crippen LogP contribution in [0.1, 0.15) is 40.0 Å². The van der Waals surface area contributed by atoms with Crippen LogP contribution in [0.15, 0.2) is 4.99 Å². The average Bonchev–Trinajstić information content (AvgIpc) is 3.04. The Labute approximate surface area is 135 Å². The highest BCUT2D eigenvalue weighted by atomic mass is 32.2. The van der Waals surface area contributed by atoms with E-state index in [1.807, 2.05) is 0 Å². The van der Waals surface area contributed by atoms with Gasteiger partial charge in [0.2, 0.25) is 0 Å². The Balaban J connectivity index is 2.09. The van der Waals surface area contributed by atoms with Crippen LogP contribution < -0.4 is 5.32 Å². The highest BCUT2D eigenvalue weighted by molar-refractivity contribution is 8.14. The minimum absolute atomic E-state index is 0.175. The minimum atomic E-state index is -0.891. The quantitative estimate of drug-likeness (QED) is 0.727. The summed E-state index contributed by atoms with van der Waals surface area (Å²) in [6, 6.07) is -0.573. The van der Waals surface area contributed by atoms with Crippen LogP contribution in [0.25, 0.3) is 0 Å². The van der Waals surface area contributed by atoms with Crippen LogP contribution in [0, 0.1) is 5.92 Å². The molecule has 1 unspecified atom stereocenters. The third-order valence-electron chi connectivity index (χ3n) is 3.88. The van der Waals surface area contributed by atoms with Crippen LogP contribution in [0.2, 0.25) is 0 Å². The predicted molar refractivity (Wildman–Crippen MR) is 87.3 cm³/mol. The van der Waals surface area contributed by atoms with Crippen LogP contribution in [0.3, 0.4) is 0 Å². The molecular formula is C15H26N2O4S. The molecule has 0 aromatic heterocycles. The van der Waals surface area contributed by atoms with Gasteiger partial charge in [-0.15, -0.1) is 11.8 Å². The first-order valence-corrected chi connectivity index (χ1v) is 8.79. The van der Waals surface area contributed by atoms with Gasteiger partial charge in [0.15, 0.2) is 0 Å². The van der Waals surface area contributed by atoms with Crippen molar-refractivity contribution in [2.24, 2.45) is 10.9 Å². The largest absolute Gasteiger partial charge is 0.444 e. The Kier molecular flexibility index (Phi) is 5.74. The molecule has 1 amide bonds. The number of aliphatic hydroxyl groups is 2. The third kappa shape index (κ3) is 4.60. The van der Waals surface area contributed by atoms with Crippen LogP contribution in [0.5, 0.6) is 0 Å². The van der Waals surface area contributed by atoms with E-state index in [1.165, 1.54) is 11.8 Å². The summed E-state index contributed by atoms with van der Waals surface area (Å²) in [5, 5.41) is 24.1. The Morgan fingerprint density at radius 3 is 2.68 bits per heavy atom. The summed E-state index contributed by atoms with van der Waals surface area (Å²) in [4.78, 5) is 16.4. The Bertz CT molecular complexity index is 436. The van der Waals surface area contributed by atoms with E-state index in [0.717, 1.165) is 18.6 Å². The van der Waals surface area contributed by atoms with Gasteiger partial charge >= 0.3 is 6.09 Å². The van der Waals surface area contributed by atoms with Gasteiger partial charge in [0.1, 0.15) is 11.7 Å². The van der Waals surface area contributed by atoms with Gasteiger partial charge in [0, 0.05) is 18.2 Å². The number of ether oxygens (including phenoxy) is 1. The number of rotatable bonds is 4. The highest BCUT2D eigenvalue weighted by Crippen LogP contribution is 2.32. The Hall–Kier alpha value is -0.790. The standard InChI is InChI=1S/C15H26N2O4S/c1-15(2,3)21-14(20)17-11(9-5-4-6-10(9)18)12(19)13-16-7-8-22-13/h9-12,18-19H,4-8H2,1-3H3,(H,17,20)/t9-,10-,11-,12?/m1/s1. The zero-order valence-electron chi connectivity index (χ0n) is 13.4. The molecule has 126 valence electrons. The number of alkyl carbamates (subject to hydrolysis) is 1. The second kappa shape index (κ2) is 7.19. The molecule has 0 bridgehead atoms. The number of aliphatic imine (C=N–C) groups is 1. The van der Waals surface area contributed by atoms with Crippen LogP contribution in [0.4, 0.5) is 4.79 Å². The fourth-order valence-electron chi connectivity index (χ4n) is 2.94. The molecule has 1 aliphatic heterocycles. The molecule has 3 N–H and O–H groups in total. The van der Waals surface area contributed by atoms with E-state index in [4.69, 9.17) is 4.74 Å². The third-order valence-corrected chi connectivity index (χ3v) is 4.93. The molecule has 0 spiro atoms. The summed E-state index contributed by atoms with van der Waals surface area (Å²) in [6.45, 7) is 6.06. The van der Waals surface area contributed by atoms with Crippen molar-refractivity contribution in [3.63, 3.8) is 0 Å². The number of aliphatic hydroxyl groups excluding tert-OH is 2. The molecule has 1 aliphatic carbocycles. The van der Waals surface area contributed by atoms with Gasteiger partial charge in [0.05, 0.1) is 17.2 Å².